The van der Waals surface area contributed by atoms with Crippen LogP contribution in [0, 0.1) is 0 Å². The predicted octanol–water partition coefficient (Wildman–Crippen LogP) is 3.13. The number of benzene rings is 1. The van der Waals surface area contributed by atoms with Crippen LogP contribution in [0.3, 0.4) is 0 Å². The summed E-state index contributed by atoms with van der Waals surface area (Å²) in [5.74, 6) is 0.770. The third-order valence-electron chi connectivity index (χ3n) is 2.62. The average molecular weight is 299 g/mol. The van der Waals surface area contributed by atoms with E-state index in [0.29, 0.717) is 29.2 Å². The molecule has 19 heavy (non-hydrogen) atoms. The van der Waals surface area contributed by atoms with E-state index in [4.69, 9.17) is 23.2 Å². The van der Waals surface area contributed by atoms with Crippen LogP contribution in [0.1, 0.15) is 25.2 Å². The van der Waals surface area contributed by atoms with Crippen molar-refractivity contribution in [1.82, 2.24) is 20.1 Å². The molecule has 0 saturated heterocycles. The van der Waals surface area contributed by atoms with Crippen molar-refractivity contribution in [2.45, 2.75) is 33.0 Å². The number of aromatic nitrogens is 3. The molecule has 0 aliphatic carbocycles. The second kappa shape index (κ2) is 6.37. The van der Waals surface area contributed by atoms with Gasteiger partial charge in [-0.05, 0) is 11.6 Å². The van der Waals surface area contributed by atoms with E-state index in [1.807, 2.05) is 12.1 Å². The number of rotatable bonds is 5. The minimum absolute atomic E-state index is 0.411. The Kier molecular flexibility index (Phi) is 4.80. The van der Waals surface area contributed by atoms with E-state index in [0.717, 1.165) is 11.4 Å². The van der Waals surface area contributed by atoms with E-state index in [9.17, 15) is 0 Å². The molecule has 0 spiro atoms. The Morgan fingerprint density at radius 1 is 1.32 bits per heavy atom. The summed E-state index contributed by atoms with van der Waals surface area (Å²) in [7, 11) is 0. The van der Waals surface area contributed by atoms with Crippen molar-refractivity contribution in [2.24, 2.45) is 0 Å². The fourth-order valence-electron chi connectivity index (χ4n) is 1.63. The number of nitrogens with zero attached hydrogens (tertiary/aromatic N) is 3. The van der Waals surface area contributed by atoms with E-state index in [-0.39, 0.29) is 0 Å². The maximum absolute atomic E-state index is 6.15. The van der Waals surface area contributed by atoms with Gasteiger partial charge in [0, 0.05) is 6.04 Å². The highest BCUT2D eigenvalue weighted by molar-refractivity contribution is 6.42. The molecule has 0 radical (unpaired) electrons. The highest BCUT2D eigenvalue weighted by atomic mass is 35.5. The molecule has 0 fully saturated rings. The molecule has 0 atom stereocenters. The Morgan fingerprint density at radius 2 is 2.11 bits per heavy atom. The summed E-state index contributed by atoms with van der Waals surface area (Å²) in [6.07, 6.45) is 1.70. The van der Waals surface area contributed by atoms with Gasteiger partial charge in [-0.25, -0.2) is 9.67 Å². The summed E-state index contributed by atoms with van der Waals surface area (Å²) in [4.78, 5) is 4.25. The van der Waals surface area contributed by atoms with Crippen LogP contribution >= 0.6 is 23.2 Å². The largest absolute Gasteiger partial charge is 0.308 e. The molecular formula is C13H16Cl2N4. The monoisotopic (exact) mass is 298 g/mol. The Bertz CT molecular complexity index is 551. The molecule has 0 aliphatic heterocycles. The number of nitrogens with one attached hydrogen (secondary N) is 1. The van der Waals surface area contributed by atoms with Crippen molar-refractivity contribution in [2.75, 3.05) is 0 Å². The molecular weight excluding hydrogens is 283 g/mol. The minimum atomic E-state index is 0.411. The van der Waals surface area contributed by atoms with Crippen LogP contribution in [0.15, 0.2) is 24.5 Å². The van der Waals surface area contributed by atoms with Crippen LogP contribution in [-0.2, 0) is 13.1 Å². The molecule has 2 rings (SSSR count). The first kappa shape index (κ1) is 14.3. The maximum atomic E-state index is 6.15. The Balaban J connectivity index is 2.05. The zero-order valence-electron chi connectivity index (χ0n) is 10.9. The van der Waals surface area contributed by atoms with Crippen molar-refractivity contribution in [3.8, 4) is 0 Å². The third kappa shape index (κ3) is 3.93. The average Bonchev–Trinajstić information content (AvgIpc) is 2.80. The lowest BCUT2D eigenvalue weighted by Gasteiger charge is -2.06. The second-order valence-electron chi connectivity index (χ2n) is 4.61. The second-order valence-corrected chi connectivity index (χ2v) is 5.39. The molecule has 1 aromatic heterocycles. The molecule has 0 amide bonds. The van der Waals surface area contributed by atoms with Crippen LogP contribution in [0.25, 0.3) is 0 Å². The summed E-state index contributed by atoms with van der Waals surface area (Å²) in [5.41, 5.74) is 0.933. The molecule has 1 heterocycles. The van der Waals surface area contributed by atoms with Gasteiger partial charge in [-0.15, -0.1) is 0 Å². The molecule has 4 nitrogen and oxygen atoms in total. The predicted molar refractivity (Wildman–Crippen MR) is 77.6 cm³/mol. The lowest BCUT2D eigenvalue weighted by Crippen LogP contribution is -2.22. The third-order valence-corrected chi connectivity index (χ3v) is 3.47. The quantitative estimate of drug-likeness (QED) is 0.922. The maximum Gasteiger partial charge on any atom is 0.164 e. The first-order chi connectivity index (χ1) is 9.06. The number of halogens is 2. The van der Waals surface area contributed by atoms with Crippen molar-refractivity contribution in [1.29, 1.82) is 0 Å². The molecule has 0 bridgehead atoms. The fourth-order valence-corrected chi connectivity index (χ4v) is 2.01. The van der Waals surface area contributed by atoms with E-state index >= 15 is 0 Å². The lowest BCUT2D eigenvalue weighted by atomic mass is 10.2. The smallest absolute Gasteiger partial charge is 0.164 e. The molecule has 0 saturated carbocycles. The van der Waals surface area contributed by atoms with Gasteiger partial charge in [0.05, 0.1) is 23.1 Å². The van der Waals surface area contributed by atoms with Crippen LogP contribution in [0.4, 0.5) is 0 Å². The summed E-state index contributed by atoms with van der Waals surface area (Å²) in [6.45, 7) is 5.40. The topological polar surface area (TPSA) is 42.7 Å². The number of hydrogen-bond donors (Lipinski definition) is 1. The summed E-state index contributed by atoms with van der Waals surface area (Å²) < 4.78 is 1.76. The van der Waals surface area contributed by atoms with Gasteiger partial charge in [0.1, 0.15) is 6.33 Å². The van der Waals surface area contributed by atoms with Crippen molar-refractivity contribution in [3.63, 3.8) is 0 Å². The first-order valence-corrected chi connectivity index (χ1v) is 6.86. The Labute approximate surface area is 122 Å². The lowest BCUT2D eigenvalue weighted by molar-refractivity contribution is 0.565. The van der Waals surface area contributed by atoms with E-state index < -0.39 is 0 Å². The summed E-state index contributed by atoms with van der Waals surface area (Å²) in [5, 5.41) is 8.79. The summed E-state index contributed by atoms with van der Waals surface area (Å²) >= 11 is 12.1. The van der Waals surface area contributed by atoms with Gasteiger partial charge in [-0.2, -0.15) is 5.10 Å². The zero-order chi connectivity index (χ0) is 13.8. The van der Waals surface area contributed by atoms with Crippen LogP contribution in [0.2, 0.25) is 10.0 Å². The Morgan fingerprint density at radius 3 is 2.84 bits per heavy atom. The highest BCUT2D eigenvalue weighted by Crippen LogP contribution is 2.25. The SMILES string of the molecule is CC(C)NCc1ncn(Cc2cccc(Cl)c2Cl)n1. The van der Waals surface area contributed by atoms with Crippen LogP contribution < -0.4 is 5.32 Å². The van der Waals surface area contributed by atoms with E-state index in [2.05, 4.69) is 29.2 Å². The molecule has 0 unspecified atom stereocenters. The van der Waals surface area contributed by atoms with Crippen molar-refractivity contribution < 1.29 is 0 Å². The van der Waals surface area contributed by atoms with Crippen LogP contribution in [-0.4, -0.2) is 20.8 Å². The standard InChI is InChI=1S/C13H16Cl2N4/c1-9(2)16-6-12-17-8-19(18-12)7-10-4-3-5-11(14)13(10)15/h3-5,8-9,16H,6-7H2,1-2H3. The van der Waals surface area contributed by atoms with Gasteiger partial charge in [0.15, 0.2) is 5.82 Å². The Hall–Kier alpha value is -1.10. The van der Waals surface area contributed by atoms with Crippen LogP contribution in [0.5, 0.6) is 0 Å². The molecule has 0 aliphatic rings. The van der Waals surface area contributed by atoms with Gasteiger partial charge < -0.3 is 5.32 Å². The normalized spacial score (nSPS) is 11.2. The zero-order valence-corrected chi connectivity index (χ0v) is 12.4. The van der Waals surface area contributed by atoms with E-state index in [1.165, 1.54) is 0 Å². The van der Waals surface area contributed by atoms with Crippen molar-refractivity contribution in [3.05, 3.63) is 46.0 Å². The first-order valence-electron chi connectivity index (χ1n) is 6.11. The molecule has 1 aromatic carbocycles. The number of hydrogen-bond acceptors (Lipinski definition) is 3. The minimum Gasteiger partial charge on any atom is -0.308 e. The molecule has 2 aromatic rings. The van der Waals surface area contributed by atoms with Gasteiger partial charge in [-0.3, -0.25) is 0 Å². The highest BCUT2D eigenvalue weighted by Gasteiger charge is 2.07. The molecule has 1 N–H and O–H groups in total. The molecule has 102 valence electrons. The van der Waals surface area contributed by atoms with Crippen molar-refractivity contribution >= 4 is 23.2 Å². The molecule has 6 heteroatoms. The van der Waals surface area contributed by atoms with Gasteiger partial charge in [-0.1, -0.05) is 49.2 Å². The van der Waals surface area contributed by atoms with Gasteiger partial charge in [0.2, 0.25) is 0 Å². The fraction of sp³-hybridized carbons (Fsp3) is 0.385. The summed E-state index contributed by atoms with van der Waals surface area (Å²) in [6, 6.07) is 5.99. The van der Waals surface area contributed by atoms with Gasteiger partial charge >= 0.3 is 0 Å². The van der Waals surface area contributed by atoms with Gasteiger partial charge in [0.25, 0.3) is 0 Å². The van der Waals surface area contributed by atoms with E-state index in [1.54, 1.807) is 17.1 Å².